The van der Waals surface area contributed by atoms with Crippen LogP contribution in [0.5, 0.6) is 0 Å². The number of hydrogen-bond donors (Lipinski definition) is 2. The van der Waals surface area contributed by atoms with Crippen LogP contribution >= 0.6 is 23.1 Å². The van der Waals surface area contributed by atoms with E-state index in [4.69, 9.17) is 5.73 Å². The summed E-state index contributed by atoms with van der Waals surface area (Å²) in [7, 11) is 0. The highest BCUT2D eigenvalue weighted by atomic mass is 32.2. The number of carbonyl (C=O) groups is 2. The van der Waals surface area contributed by atoms with Gasteiger partial charge in [-0.25, -0.2) is 9.78 Å². The van der Waals surface area contributed by atoms with Gasteiger partial charge in [-0.1, -0.05) is 18.3 Å². The van der Waals surface area contributed by atoms with Gasteiger partial charge in [-0.3, -0.25) is 10.1 Å². The largest absolute Gasteiger partial charge is 0.343 e. The van der Waals surface area contributed by atoms with E-state index in [0.29, 0.717) is 11.7 Å². The fourth-order valence-electron chi connectivity index (χ4n) is 4.41. The second-order valence-corrected chi connectivity index (χ2v) is 10.9. The number of amides is 3. The third-order valence-corrected chi connectivity index (χ3v) is 8.40. The van der Waals surface area contributed by atoms with Gasteiger partial charge in [0.15, 0.2) is 5.13 Å². The lowest BCUT2D eigenvalue weighted by molar-refractivity contribution is -0.130. The third kappa shape index (κ3) is 6.34. The van der Waals surface area contributed by atoms with Crippen molar-refractivity contribution in [3.8, 4) is 0 Å². The molecule has 0 aromatic carbocycles. The van der Waals surface area contributed by atoms with Crippen LogP contribution in [0.25, 0.3) is 0 Å². The van der Waals surface area contributed by atoms with Crippen LogP contribution in [0.3, 0.4) is 0 Å². The lowest BCUT2D eigenvalue weighted by Gasteiger charge is -2.44. The first-order valence-electron chi connectivity index (χ1n) is 11.1. The number of likely N-dealkylation sites (tertiary alicyclic amines) is 1. The Labute approximate surface area is 188 Å². The molecule has 1 saturated carbocycles. The number of rotatable bonds is 7. The Morgan fingerprint density at radius 3 is 2.53 bits per heavy atom. The molecule has 0 unspecified atom stereocenters. The molecule has 2 heterocycles. The van der Waals surface area contributed by atoms with E-state index in [0.717, 1.165) is 61.1 Å². The number of anilines is 1. The second kappa shape index (κ2) is 11.3. The normalized spacial score (nSPS) is 22.7. The molecule has 9 heteroatoms. The van der Waals surface area contributed by atoms with Crippen LogP contribution in [0, 0.1) is 5.92 Å². The van der Waals surface area contributed by atoms with Gasteiger partial charge in [0, 0.05) is 37.8 Å². The van der Waals surface area contributed by atoms with Crippen LogP contribution < -0.4 is 11.1 Å². The van der Waals surface area contributed by atoms with Crippen LogP contribution in [-0.2, 0) is 4.79 Å². The molecule has 30 heavy (non-hydrogen) atoms. The zero-order chi connectivity index (χ0) is 21.5. The summed E-state index contributed by atoms with van der Waals surface area (Å²) in [5.41, 5.74) is 5.56. The number of thioether (sulfide) groups is 1. The second-order valence-electron chi connectivity index (χ2n) is 8.46. The molecular formula is C21H35N5O2S2. The minimum atomic E-state index is -0.0383. The molecule has 1 aromatic rings. The summed E-state index contributed by atoms with van der Waals surface area (Å²) >= 11 is 3.26. The molecule has 3 rings (SSSR count). The first kappa shape index (κ1) is 23.3. The van der Waals surface area contributed by atoms with Gasteiger partial charge in [-0.2, -0.15) is 0 Å². The number of hydrogen-bond acceptors (Lipinski definition) is 6. The van der Waals surface area contributed by atoms with E-state index in [1.807, 2.05) is 11.1 Å². The molecule has 3 amide bonds. The van der Waals surface area contributed by atoms with Gasteiger partial charge in [-0.05, 0) is 57.4 Å². The predicted molar refractivity (Wildman–Crippen MR) is 124 cm³/mol. The van der Waals surface area contributed by atoms with E-state index in [1.54, 1.807) is 18.7 Å². The average Bonchev–Trinajstić information content (AvgIpc) is 3.17. The minimum absolute atomic E-state index is 0.0383. The van der Waals surface area contributed by atoms with E-state index in [2.05, 4.69) is 22.1 Å². The molecule has 0 bridgehead atoms. The average molecular weight is 454 g/mol. The Morgan fingerprint density at radius 1 is 1.23 bits per heavy atom. The van der Waals surface area contributed by atoms with Crippen LogP contribution in [0.15, 0.2) is 10.4 Å². The zero-order valence-corrected chi connectivity index (χ0v) is 19.8. The molecule has 0 radical (unpaired) electrons. The summed E-state index contributed by atoms with van der Waals surface area (Å²) < 4.78 is 1.10. The zero-order valence-electron chi connectivity index (χ0n) is 18.1. The molecule has 0 atom stereocenters. The highest BCUT2D eigenvalue weighted by Gasteiger charge is 2.35. The number of urea groups is 1. The fraction of sp³-hybridized carbons (Fsp3) is 0.762. The molecule has 7 nitrogen and oxygen atoms in total. The van der Waals surface area contributed by atoms with Crippen LogP contribution in [0.2, 0.25) is 0 Å². The third-order valence-electron chi connectivity index (χ3n) is 6.21. The highest BCUT2D eigenvalue weighted by Crippen LogP contribution is 2.33. The molecule has 168 valence electrons. The Hall–Kier alpha value is -1.32. The van der Waals surface area contributed by atoms with Crippen molar-refractivity contribution in [2.45, 2.75) is 75.1 Å². The van der Waals surface area contributed by atoms with Gasteiger partial charge in [0.2, 0.25) is 5.91 Å². The highest BCUT2D eigenvalue weighted by molar-refractivity contribution is 8.01. The monoisotopic (exact) mass is 453 g/mol. The topological polar surface area (TPSA) is 91.6 Å². The van der Waals surface area contributed by atoms with Crippen LogP contribution in [0.1, 0.15) is 58.8 Å². The number of thiazole rings is 1. The van der Waals surface area contributed by atoms with Crippen molar-refractivity contribution in [2.24, 2.45) is 11.7 Å². The van der Waals surface area contributed by atoms with Crippen LogP contribution in [-0.4, -0.2) is 64.2 Å². The van der Waals surface area contributed by atoms with E-state index >= 15 is 0 Å². The summed E-state index contributed by atoms with van der Waals surface area (Å²) in [6.07, 6.45) is 8.93. The van der Waals surface area contributed by atoms with Gasteiger partial charge < -0.3 is 15.5 Å². The summed E-state index contributed by atoms with van der Waals surface area (Å²) in [6.45, 7) is 6.06. The smallest absolute Gasteiger partial charge is 0.324 e. The number of nitrogens with zero attached hydrogens (tertiary/aromatic N) is 3. The Kier molecular flexibility index (Phi) is 8.83. The Morgan fingerprint density at radius 2 is 1.90 bits per heavy atom. The number of piperidine rings is 1. The lowest BCUT2D eigenvalue weighted by atomic mass is 9.85. The van der Waals surface area contributed by atoms with Gasteiger partial charge >= 0.3 is 6.03 Å². The number of carbonyl (C=O) groups excluding carboxylic acids is 2. The molecule has 2 aliphatic rings. The predicted octanol–water partition coefficient (Wildman–Crippen LogP) is 4.01. The first-order valence-corrected chi connectivity index (χ1v) is 12.9. The molecule has 0 spiro atoms. The maximum atomic E-state index is 13.4. The molecule has 3 N–H and O–H groups in total. The summed E-state index contributed by atoms with van der Waals surface area (Å²) in [4.78, 5) is 33.4. The SMILES string of the molecule is CC(=O)N1CCC(N(C(=O)Nc2ncc(SCCCN)s2)C2CCC(C)CC2)CC1. The van der Waals surface area contributed by atoms with Crippen molar-refractivity contribution in [3.63, 3.8) is 0 Å². The number of nitrogens with two attached hydrogens (primary N) is 1. The summed E-state index contributed by atoms with van der Waals surface area (Å²) in [6, 6.07) is 0.412. The van der Waals surface area contributed by atoms with E-state index in [-0.39, 0.29) is 24.0 Å². The van der Waals surface area contributed by atoms with E-state index in [9.17, 15) is 9.59 Å². The molecule has 2 fully saturated rings. The number of aromatic nitrogens is 1. The molecule has 1 aromatic heterocycles. The summed E-state index contributed by atoms with van der Waals surface area (Å²) in [5, 5.41) is 3.73. The minimum Gasteiger partial charge on any atom is -0.343 e. The maximum Gasteiger partial charge on any atom is 0.324 e. The van der Waals surface area contributed by atoms with Crippen molar-refractivity contribution in [2.75, 3.05) is 30.7 Å². The molecular weight excluding hydrogens is 418 g/mol. The van der Waals surface area contributed by atoms with E-state index in [1.165, 1.54) is 24.2 Å². The van der Waals surface area contributed by atoms with Crippen LogP contribution in [0.4, 0.5) is 9.93 Å². The first-order chi connectivity index (χ1) is 14.5. The van der Waals surface area contributed by atoms with Crippen molar-refractivity contribution in [1.82, 2.24) is 14.8 Å². The van der Waals surface area contributed by atoms with Crippen molar-refractivity contribution < 1.29 is 9.59 Å². The van der Waals surface area contributed by atoms with E-state index < -0.39 is 0 Å². The van der Waals surface area contributed by atoms with Crippen molar-refractivity contribution in [3.05, 3.63) is 6.20 Å². The Balaban J connectivity index is 1.65. The maximum absolute atomic E-state index is 13.4. The van der Waals surface area contributed by atoms with Crippen molar-refractivity contribution in [1.29, 1.82) is 0 Å². The number of nitrogens with one attached hydrogen (secondary N) is 1. The summed E-state index contributed by atoms with van der Waals surface area (Å²) in [5.74, 6) is 1.82. The van der Waals surface area contributed by atoms with Gasteiger partial charge in [-0.15, -0.1) is 11.8 Å². The van der Waals surface area contributed by atoms with Gasteiger partial charge in [0.1, 0.15) is 0 Å². The molecule has 1 aliphatic heterocycles. The van der Waals surface area contributed by atoms with Crippen molar-refractivity contribution >= 4 is 40.2 Å². The standard InChI is InChI=1S/C21H35N5O2S2/c1-15-4-6-17(7-5-15)26(18-8-11-25(12-9-18)16(2)27)21(28)24-20-23-14-19(30-20)29-13-3-10-22/h14-15,17-18H,3-13,22H2,1-2H3,(H,23,24,28). The van der Waals surface area contributed by atoms with Gasteiger partial charge in [0.25, 0.3) is 0 Å². The Bertz CT molecular complexity index is 697. The quantitative estimate of drug-likeness (QED) is 0.481. The molecule has 1 aliphatic carbocycles. The molecule has 1 saturated heterocycles. The van der Waals surface area contributed by atoms with Gasteiger partial charge in [0.05, 0.1) is 10.4 Å². The fourth-order valence-corrected chi connectivity index (χ4v) is 6.31. The lowest BCUT2D eigenvalue weighted by Crippen LogP contribution is -2.54.